The van der Waals surface area contributed by atoms with Crippen LogP contribution in [0.4, 0.5) is 0 Å². The molecule has 1 fully saturated rings. The highest BCUT2D eigenvalue weighted by molar-refractivity contribution is 6.34. The fourth-order valence-corrected chi connectivity index (χ4v) is 3.59. The van der Waals surface area contributed by atoms with Crippen LogP contribution in [0.3, 0.4) is 0 Å². The number of ether oxygens (including phenoxy) is 2. The van der Waals surface area contributed by atoms with Crippen molar-refractivity contribution in [1.29, 1.82) is 0 Å². The van der Waals surface area contributed by atoms with Gasteiger partial charge in [-0.3, -0.25) is 14.3 Å². The van der Waals surface area contributed by atoms with Crippen LogP contribution >= 0.6 is 23.2 Å². The molecular formula is C19H20Cl2N2O4. The molecular weight excluding hydrogens is 391 g/mol. The fourth-order valence-electron chi connectivity index (χ4n) is 3.04. The summed E-state index contributed by atoms with van der Waals surface area (Å²) in [5.74, 6) is -0.953. The summed E-state index contributed by atoms with van der Waals surface area (Å²) in [6.45, 7) is 1.97. The Morgan fingerprint density at radius 1 is 1.30 bits per heavy atom. The van der Waals surface area contributed by atoms with Gasteiger partial charge in [0.15, 0.2) is 0 Å². The van der Waals surface area contributed by atoms with Crippen LogP contribution < -0.4 is 0 Å². The Bertz CT molecular complexity index is 832. The zero-order valence-corrected chi connectivity index (χ0v) is 16.5. The Morgan fingerprint density at radius 3 is 2.59 bits per heavy atom. The molecule has 3 rings (SSSR count). The van der Waals surface area contributed by atoms with Crippen LogP contribution in [-0.2, 0) is 26.1 Å². The number of rotatable bonds is 7. The van der Waals surface area contributed by atoms with Crippen LogP contribution in [0, 0.1) is 5.92 Å². The van der Waals surface area contributed by atoms with Crippen molar-refractivity contribution in [2.45, 2.75) is 31.8 Å². The minimum Gasteiger partial charge on any atom is -0.466 e. The molecule has 1 aliphatic rings. The number of nitrogens with zero attached hydrogens (tertiary/aromatic N) is 2. The van der Waals surface area contributed by atoms with E-state index in [1.54, 1.807) is 36.0 Å². The summed E-state index contributed by atoms with van der Waals surface area (Å²) < 4.78 is 12.4. The van der Waals surface area contributed by atoms with Crippen molar-refractivity contribution in [3.05, 3.63) is 51.8 Å². The van der Waals surface area contributed by atoms with Gasteiger partial charge >= 0.3 is 11.9 Å². The highest BCUT2D eigenvalue weighted by Gasteiger charge is 2.46. The smallest absolute Gasteiger partial charge is 0.310 e. The van der Waals surface area contributed by atoms with Gasteiger partial charge < -0.3 is 9.47 Å². The second kappa shape index (κ2) is 8.31. The second-order valence-corrected chi connectivity index (χ2v) is 7.41. The highest BCUT2D eigenvalue weighted by Crippen LogP contribution is 2.48. The van der Waals surface area contributed by atoms with Gasteiger partial charge in [0.2, 0.25) is 0 Å². The van der Waals surface area contributed by atoms with Crippen LogP contribution in [0.1, 0.15) is 42.9 Å². The molecule has 0 bridgehead atoms. The SMILES string of the molecule is CCOC(=O)C[C@H](OC(=O)[C@@H]1C[C@H]1c1cnn(C)c1)c1cc(Cl)cc(Cl)c1. The maximum atomic E-state index is 12.6. The summed E-state index contributed by atoms with van der Waals surface area (Å²) in [5, 5.41) is 4.94. The molecule has 1 aromatic heterocycles. The average Bonchev–Trinajstić information content (AvgIpc) is 3.28. The molecule has 0 radical (unpaired) electrons. The van der Waals surface area contributed by atoms with Gasteiger partial charge in [-0.2, -0.15) is 5.10 Å². The van der Waals surface area contributed by atoms with Crippen LogP contribution in [0.2, 0.25) is 10.0 Å². The maximum Gasteiger partial charge on any atom is 0.310 e. The zero-order chi connectivity index (χ0) is 19.6. The quantitative estimate of drug-likeness (QED) is 0.643. The van der Waals surface area contributed by atoms with Crippen molar-refractivity contribution in [2.75, 3.05) is 6.61 Å². The first kappa shape index (κ1) is 19.7. The van der Waals surface area contributed by atoms with Crippen LogP contribution in [0.5, 0.6) is 0 Å². The van der Waals surface area contributed by atoms with Crippen molar-refractivity contribution in [2.24, 2.45) is 13.0 Å². The first-order valence-corrected chi connectivity index (χ1v) is 9.43. The number of hydrogen-bond donors (Lipinski definition) is 0. The van der Waals surface area contributed by atoms with Gasteiger partial charge in [0.1, 0.15) is 6.10 Å². The lowest BCUT2D eigenvalue weighted by atomic mass is 10.1. The first-order chi connectivity index (χ1) is 12.9. The summed E-state index contributed by atoms with van der Waals surface area (Å²) in [5.41, 5.74) is 1.57. The third kappa shape index (κ3) is 5.02. The highest BCUT2D eigenvalue weighted by atomic mass is 35.5. The topological polar surface area (TPSA) is 70.4 Å². The molecule has 1 saturated carbocycles. The molecule has 0 spiro atoms. The van der Waals surface area contributed by atoms with E-state index in [9.17, 15) is 9.59 Å². The normalized spacial score (nSPS) is 19.4. The molecule has 6 nitrogen and oxygen atoms in total. The number of esters is 2. The molecule has 0 saturated heterocycles. The molecule has 0 aliphatic heterocycles. The van der Waals surface area contributed by atoms with E-state index in [0.29, 0.717) is 22.0 Å². The van der Waals surface area contributed by atoms with E-state index < -0.39 is 12.1 Å². The first-order valence-electron chi connectivity index (χ1n) is 8.68. The third-order valence-corrected chi connectivity index (χ3v) is 4.86. The Morgan fingerprint density at radius 2 is 2.00 bits per heavy atom. The zero-order valence-electron chi connectivity index (χ0n) is 15.0. The van der Waals surface area contributed by atoms with E-state index in [-0.39, 0.29) is 30.8 Å². The molecule has 1 aliphatic carbocycles. The number of carbonyl (C=O) groups is 2. The molecule has 0 N–H and O–H groups in total. The lowest BCUT2D eigenvalue weighted by molar-refractivity contribution is -0.156. The average molecular weight is 411 g/mol. The molecule has 144 valence electrons. The number of carbonyl (C=O) groups excluding carboxylic acids is 2. The number of benzene rings is 1. The molecule has 3 atom stereocenters. The Balaban J connectivity index is 1.73. The van der Waals surface area contributed by atoms with Gasteiger partial charge in [-0.1, -0.05) is 23.2 Å². The van der Waals surface area contributed by atoms with Crippen molar-refractivity contribution in [3.8, 4) is 0 Å². The molecule has 1 aromatic carbocycles. The van der Waals surface area contributed by atoms with Crippen LogP contribution in [0.25, 0.3) is 0 Å². The van der Waals surface area contributed by atoms with Gasteiger partial charge in [-0.05, 0) is 42.7 Å². The third-order valence-electron chi connectivity index (χ3n) is 4.42. The number of aromatic nitrogens is 2. The maximum absolute atomic E-state index is 12.6. The molecule has 2 aromatic rings. The van der Waals surface area contributed by atoms with E-state index in [4.69, 9.17) is 32.7 Å². The molecule has 27 heavy (non-hydrogen) atoms. The van der Waals surface area contributed by atoms with E-state index in [1.807, 2.05) is 13.2 Å². The molecule has 0 amide bonds. The summed E-state index contributed by atoms with van der Waals surface area (Å²) in [6.07, 6.45) is 3.45. The number of hydrogen-bond acceptors (Lipinski definition) is 5. The van der Waals surface area contributed by atoms with Gasteiger partial charge in [-0.15, -0.1) is 0 Å². The molecule has 0 unspecified atom stereocenters. The largest absolute Gasteiger partial charge is 0.466 e. The lowest BCUT2D eigenvalue weighted by Crippen LogP contribution is -2.18. The monoisotopic (exact) mass is 410 g/mol. The van der Waals surface area contributed by atoms with Gasteiger partial charge in [-0.25, -0.2) is 0 Å². The summed E-state index contributed by atoms with van der Waals surface area (Å²) in [7, 11) is 1.83. The summed E-state index contributed by atoms with van der Waals surface area (Å²) in [4.78, 5) is 24.6. The van der Waals surface area contributed by atoms with Crippen molar-refractivity contribution in [1.82, 2.24) is 9.78 Å². The van der Waals surface area contributed by atoms with E-state index in [1.165, 1.54) is 0 Å². The number of halogens is 2. The molecule has 1 heterocycles. The van der Waals surface area contributed by atoms with E-state index in [0.717, 1.165) is 5.56 Å². The summed E-state index contributed by atoms with van der Waals surface area (Å²) in [6, 6.07) is 4.85. The Kier molecular flexibility index (Phi) is 6.07. The summed E-state index contributed by atoms with van der Waals surface area (Å²) >= 11 is 12.1. The van der Waals surface area contributed by atoms with E-state index >= 15 is 0 Å². The lowest BCUT2D eigenvalue weighted by Gasteiger charge is -2.18. The van der Waals surface area contributed by atoms with Gasteiger partial charge in [0.05, 0.1) is 25.1 Å². The Labute approximate surface area is 167 Å². The molecule has 8 heteroatoms. The van der Waals surface area contributed by atoms with Crippen molar-refractivity contribution in [3.63, 3.8) is 0 Å². The van der Waals surface area contributed by atoms with Gasteiger partial charge in [0.25, 0.3) is 0 Å². The van der Waals surface area contributed by atoms with Crippen LogP contribution in [0.15, 0.2) is 30.6 Å². The van der Waals surface area contributed by atoms with Gasteiger partial charge in [0, 0.05) is 29.2 Å². The van der Waals surface area contributed by atoms with Crippen molar-refractivity contribution < 1.29 is 19.1 Å². The second-order valence-electron chi connectivity index (χ2n) is 6.53. The number of aryl methyl sites for hydroxylation is 1. The van der Waals surface area contributed by atoms with Crippen LogP contribution in [-0.4, -0.2) is 28.3 Å². The predicted octanol–water partition coefficient (Wildman–Crippen LogP) is 4.07. The van der Waals surface area contributed by atoms with E-state index in [2.05, 4.69) is 5.10 Å². The minimum atomic E-state index is -0.803. The standard InChI is InChI=1S/C19H20Cl2N2O4/c1-3-26-18(24)8-17(11-4-13(20)6-14(21)5-11)27-19(25)16-7-15(16)12-9-22-23(2)10-12/h4-6,9-10,15-17H,3,7-8H2,1-2H3/t15-,16+,17-/m0/s1. The fraction of sp³-hybridized carbons (Fsp3) is 0.421. The minimum absolute atomic E-state index is 0.0948. The van der Waals surface area contributed by atoms with Crippen molar-refractivity contribution >= 4 is 35.1 Å². The Hall–Kier alpha value is -2.05. The predicted molar refractivity (Wildman–Crippen MR) is 101 cm³/mol.